The fourth-order valence-electron chi connectivity index (χ4n) is 4.61. The van der Waals surface area contributed by atoms with E-state index in [4.69, 9.17) is 0 Å². The molecule has 7 heteroatoms. The molecule has 2 aromatic carbocycles. The second kappa shape index (κ2) is 7.51. The van der Waals surface area contributed by atoms with Gasteiger partial charge in [-0.25, -0.2) is 19.2 Å². The Morgan fingerprint density at radius 2 is 1.81 bits per heavy atom. The number of H-pyrrole nitrogens is 1. The number of nitrogens with zero attached hydrogens (tertiary/aromatic N) is 4. The molecule has 2 aromatic heterocycles. The van der Waals surface area contributed by atoms with Crippen LogP contribution in [0.5, 0.6) is 0 Å². The number of aromatic amines is 1. The molecule has 1 aliphatic heterocycles. The molecule has 7 nitrogen and oxygen atoms in total. The molecule has 0 radical (unpaired) electrons. The normalized spacial score (nSPS) is 15.9. The van der Waals surface area contributed by atoms with E-state index in [0.29, 0.717) is 17.1 Å². The van der Waals surface area contributed by atoms with Crippen LogP contribution in [0.2, 0.25) is 0 Å². The van der Waals surface area contributed by atoms with Gasteiger partial charge in [0.15, 0.2) is 0 Å². The molecule has 0 spiro atoms. The van der Waals surface area contributed by atoms with Gasteiger partial charge in [-0.15, -0.1) is 0 Å². The van der Waals surface area contributed by atoms with Crippen LogP contribution in [0.1, 0.15) is 23.6 Å². The third-order valence-corrected chi connectivity index (χ3v) is 6.30. The molecule has 5 rings (SSSR count). The van der Waals surface area contributed by atoms with E-state index in [2.05, 4.69) is 41.9 Å². The summed E-state index contributed by atoms with van der Waals surface area (Å²) in [6, 6.07) is 16.3. The molecule has 32 heavy (non-hydrogen) atoms. The first-order valence-corrected chi connectivity index (χ1v) is 11.0. The minimum Gasteiger partial charge on any atom is -0.267 e. The summed E-state index contributed by atoms with van der Waals surface area (Å²) in [5.41, 5.74) is 4.84. The van der Waals surface area contributed by atoms with Crippen molar-refractivity contribution in [1.29, 1.82) is 0 Å². The van der Waals surface area contributed by atoms with Gasteiger partial charge in [0.25, 0.3) is 5.56 Å². The van der Waals surface area contributed by atoms with Crippen LogP contribution in [-0.4, -0.2) is 20.7 Å². The van der Waals surface area contributed by atoms with Crippen molar-refractivity contribution in [2.75, 3.05) is 11.4 Å². The molecule has 0 saturated carbocycles. The molecule has 1 atom stereocenters. The van der Waals surface area contributed by atoms with Crippen LogP contribution in [0.25, 0.3) is 11.2 Å². The van der Waals surface area contributed by atoms with Gasteiger partial charge in [0.05, 0.1) is 19.6 Å². The van der Waals surface area contributed by atoms with E-state index < -0.39 is 0 Å². The standard InChI is InChI=1S/C25H27N5O2/c1-16-8-10-19(11-9-16)15-30-23(31)21-22(27(4)25(30)32)26-24-28(13-18(3)14-29(21)24)20-7-5-6-17(2)12-20/h5-12,18H,13-15H2,1-4H3/p+1/t18-/m0/s1. The van der Waals surface area contributed by atoms with Gasteiger partial charge in [0.1, 0.15) is 5.69 Å². The van der Waals surface area contributed by atoms with Crippen molar-refractivity contribution in [3.05, 3.63) is 86.1 Å². The number of aromatic nitrogens is 4. The quantitative estimate of drug-likeness (QED) is 0.508. The topological polar surface area (TPSA) is 66.9 Å². The lowest BCUT2D eigenvalue weighted by Crippen LogP contribution is -2.52. The molecule has 1 N–H and O–H groups in total. The van der Waals surface area contributed by atoms with Gasteiger partial charge >= 0.3 is 11.6 Å². The van der Waals surface area contributed by atoms with Crippen molar-refractivity contribution in [2.24, 2.45) is 13.0 Å². The molecular formula is C25H28N5O2+. The van der Waals surface area contributed by atoms with Gasteiger partial charge in [0.2, 0.25) is 11.2 Å². The van der Waals surface area contributed by atoms with Crippen LogP contribution in [0.15, 0.2) is 58.1 Å². The zero-order valence-corrected chi connectivity index (χ0v) is 18.9. The van der Waals surface area contributed by atoms with E-state index in [1.165, 1.54) is 10.1 Å². The van der Waals surface area contributed by atoms with Gasteiger partial charge in [-0.3, -0.25) is 13.9 Å². The minimum absolute atomic E-state index is 0.249. The maximum atomic E-state index is 13.6. The summed E-state index contributed by atoms with van der Waals surface area (Å²) in [5, 5.41) is 0. The molecule has 0 amide bonds. The average Bonchev–Trinajstić information content (AvgIpc) is 3.15. The number of hydrogen-bond acceptors (Lipinski definition) is 3. The summed E-state index contributed by atoms with van der Waals surface area (Å²) in [7, 11) is 1.72. The lowest BCUT2D eigenvalue weighted by atomic mass is 10.1. The molecule has 1 aliphatic rings. The van der Waals surface area contributed by atoms with Crippen molar-refractivity contribution < 1.29 is 4.57 Å². The minimum atomic E-state index is -0.322. The number of rotatable bonds is 3. The summed E-state index contributed by atoms with van der Waals surface area (Å²) in [5.74, 6) is 1.18. The Kier molecular flexibility index (Phi) is 4.77. The van der Waals surface area contributed by atoms with Gasteiger partial charge in [-0.2, -0.15) is 0 Å². The van der Waals surface area contributed by atoms with Crippen molar-refractivity contribution in [1.82, 2.24) is 14.1 Å². The summed E-state index contributed by atoms with van der Waals surface area (Å²) in [6.45, 7) is 8.08. The summed E-state index contributed by atoms with van der Waals surface area (Å²) >= 11 is 0. The number of imidazole rings is 1. The fourth-order valence-corrected chi connectivity index (χ4v) is 4.61. The maximum absolute atomic E-state index is 13.6. The van der Waals surface area contributed by atoms with E-state index in [-0.39, 0.29) is 17.8 Å². The highest BCUT2D eigenvalue weighted by Crippen LogP contribution is 2.28. The zero-order valence-electron chi connectivity index (χ0n) is 18.9. The molecule has 3 heterocycles. The Morgan fingerprint density at radius 3 is 2.53 bits per heavy atom. The van der Waals surface area contributed by atoms with Gasteiger partial charge in [-0.1, -0.05) is 48.9 Å². The predicted octanol–water partition coefficient (Wildman–Crippen LogP) is 2.77. The predicted molar refractivity (Wildman–Crippen MR) is 126 cm³/mol. The Bertz CT molecular complexity index is 1440. The molecule has 0 bridgehead atoms. The second-order valence-corrected chi connectivity index (χ2v) is 9.03. The largest absolute Gasteiger partial charge is 0.364 e. The van der Waals surface area contributed by atoms with E-state index in [0.717, 1.165) is 35.9 Å². The molecule has 0 unspecified atom stereocenters. The van der Waals surface area contributed by atoms with Crippen molar-refractivity contribution in [3.63, 3.8) is 0 Å². The Labute approximate surface area is 186 Å². The molecule has 0 aliphatic carbocycles. The fraction of sp³-hybridized carbons (Fsp3) is 0.320. The molecule has 4 aromatic rings. The lowest BCUT2D eigenvalue weighted by molar-refractivity contribution is -0.669. The van der Waals surface area contributed by atoms with Gasteiger partial charge in [-0.05, 0) is 37.1 Å². The third-order valence-electron chi connectivity index (χ3n) is 6.30. The van der Waals surface area contributed by atoms with E-state index in [1.807, 2.05) is 41.8 Å². The SMILES string of the molecule is Cc1ccc(Cn2c(=O)c3c([nH]c4[n+]3C[C@@H](C)CN4c3cccc(C)c3)n(C)c2=O)cc1. The first kappa shape index (κ1) is 20.3. The Hall–Kier alpha value is -3.61. The lowest BCUT2D eigenvalue weighted by Gasteiger charge is -2.26. The molecule has 164 valence electrons. The Balaban J connectivity index is 1.72. The summed E-state index contributed by atoms with van der Waals surface area (Å²) < 4.78 is 4.93. The highest BCUT2D eigenvalue weighted by molar-refractivity contribution is 5.70. The summed E-state index contributed by atoms with van der Waals surface area (Å²) in [4.78, 5) is 32.3. The second-order valence-electron chi connectivity index (χ2n) is 9.03. The number of anilines is 2. The maximum Gasteiger partial charge on any atom is 0.364 e. The van der Waals surface area contributed by atoms with Crippen LogP contribution >= 0.6 is 0 Å². The molecule has 0 fully saturated rings. The Morgan fingerprint density at radius 1 is 1.06 bits per heavy atom. The van der Waals surface area contributed by atoms with Crippen LogP contribution in [0, 0.1) is 19.8 Å². The van der Waals surface area contributed by atoms with E-state index >= 15 is 0 Å². The van der Waals surface area contributed by atoms with Crippen LogP contribution < -0.4 is 20.7 Å². The van der Waals surface area contributed by atoms with Gasteiger partial charge < -0.3 is 0 Å². The highest BCUT2D eigenvalue weighted by atomic mass is 16.2. The van der Waals surface area contributed by atoms with Crippen molar-refractivity contribution >= 4 is 22.8 Å². The number of fused-ring (bicyclic) bond motifs is 3. The van der Waals surface area contributed by atoms with Crippen molar-refractivity contribution in [3.8, 4) is 0 Å². The van der Waals surface area contributed by atoms with Crippen LogP contribution in [0.4, 0.5) is 11.6 Å². The monoisotopic (exact) mass is 430 g/mol. The first-order valence-electron chi connectivity index (χ1n) is 11.0. The summed E-state index contributed by atoms with van der Waals surface area (Å²) in [6.07, 6.45) is 0. The highest BCUT2D eigenvalue weighted by Gasteiger charge is 2.36. The number of hydrogen-bond donors (Lipinski definition) is 1. The zero-order chi connectivity index (χ0) is 22.6. The smallest absolute Gasteiger partial charge is 0.267 e. The van der Waals surface area contributed by atoms with Crippen LogP contribution in [-0.2, 0) is 20.1 Å². The number of aryl methyl sites for hydroxylation is 3. The first-order chi connectivity index (χ1) is 15.3. The molecular weight excluding hydrogens is 402 g/mol. The molecule has 0 saturated heterocycles. The third kappa shape index (κ3) is 3.25. The van der Waals surface area contributed by atoms with E-state index in [1.54, 1.807) is 11.6 Å². The number of nitrogens with one attached hydrogen (secondary N) is 1. The van der Waals surface area contributed by atoms with E-state index in [9.17, 15) is 9.59 Å². The average molecular weight is 431 g/mol. The van der Waals surface area contributed by atoms with Crippen molar-refractivity contribution in [2.45, 2.75) is 33.9 Å². The van der Waals surface area contributed by atoms with Gasteiger partial charge in [0, 0.05) is 13.0 Å². The number of benzene rings is 2. The van der Waals surface area contributed by atoms with Crippen LogP contribution in [0.3, 0.4) is 0 Å².